The lowest BCUT2D eigenvalue weighted by Gasteiger charge is -2.07. The molecule has 1 N–H and O–H groups in total. The van der Waals surface area contributed by atoms with Gasteiger partial charge >= 0.3 is 0 Å². The molecule has 0 bridgehead atoms. The Morgan fingerprint density at radius 1 is 1.27 bits per heavy atom. The van der Waals surface area contributed by atoms with Crippen LogP contribution in [0.4, 0.5) is 0 Å². The van der Waals surface area contributed by atoms with E-state index in [-0.39, 0.29) is 11.4 Å². The summed E-state index contributed by atoms with van der Waals surface area (Å²) >= 11 is 1.40. The monoisotopic (exact) mass is 314 g/mol. The SMILES string of the molecule is Cn1c(SCc2ccc(-n3cccn3)cc2)nc(O)cc1=O. The molecule has 0 atom stereocenters. The van der Waals surface area contributed by atoms with Crippen molar-refractivity contribution >= 4 is 11.8 Å². The first-order chi connectivity index (χ1) is 10.6. The molecule has 0 fully saturated rings. The number of aromatic nitrogens is 4. The molecule has 0 radical (unpaired) electrons. The molecule has 112 valence electrons. The number of hydrogen-bond acceptors (Lipinski definition) is 5. The molecule has 0 aliphatic heterocycles. The molecule has 0 saturated carbocycles. The number of rotatable bonds is 4. The van der Waals surface area contributed by atoms with Gasteiger partial charge in [-0.25, -0.2) is 4.68 Å². The molecule has 0 aliphatic rings. The maximum atomic E-state index is 11.6. The summed E-state index contributed by atoms with van der Waals surface area (Å²) < 4.78 is 3.21. The molecule has 0 saturated heterocycles. The molecule has 0 spiro atoms. The van der Waals surface area contributed by atoms with Crippen LogP contribution in [0.3, 0.4) is 0 Å². The minimum absolute atomic E-state index is 0.250. The Labute approximate surface area is 131 Å². The van der Waals surface area contributed by atoms with Crippen molar-refractivity contribution in [2.45, 2.75) is 10.9 Å². The maximum absolute atomic E-state index is 11.6. The molecule has 7 heteroatoms. The Bertz CT molecular complexity index is 826. The molecule has 3 rings (SSSR count). The van der Waals surface area contributed by atoms with Gasteiger partial charge in [-0.3, -0.25) is 9.36 Å². The number of aromatic hydroxyl groups is 1. The van der Waals surface area contributed by atoms with Gasteiger partial charge in [0.25, 0.3) is 5.56 Å². The molecule has 0 amide bonds. The summed E-state index contributed by atoms with van der Waals surface area (Å²) in [6, 6.07) is 11.0. The lowest BCUT2D eigenvalue weighted by molar-refractivity contribution is 0.437. The highest BCUT2D eigenvalue weighted by molar-refractivity contribution is 7.98. The van der Waals surface area contributed by atoms with Gasteiger partial charge in [-0.05, 0) is 23.8 Å². The van der Waals surface area contributed by atoms with E-state index in [2.05, 4.69) is 10.1 Å². The maximum Gasteiger partial charge on any atom is 0.257 e. The molecule has 6 nitrogen and oxygen atoms in total. The van der Waals surface area contributed by atoms with Gasteiger partial charge in [0.05, 0.1) is 11.8 Å². The lowest BCUT2D eigenvalue weighted by atomic mass is 10.2. The number of thioether (sulfide) groups is 1. The standard InChI is InChI=1S/C15H14N4O2S/c1-18-14(21)9-13(20)17-15(18)22-10-11-3-5-12(6-4-11)19-8-2-7-16-19/h2-9,20H,10H2,1H3. The second-order valence-electron chi connectivity index (χ2n) is 4.70. The summed E-state index contributed by atoms with van der Waals surface area (Å²) in [7, 11) is 1.64. The third-order valence-corrected chi connectivity index (χ3v) is 4.25. The fourth-order valence-electron chi connectivity index (χ4n) is 1.95. The third kappa shape index (κ3) is 3.04. The number of benzene rings is 1. The summed E-state index contributed by atoms with van der Waals surface area (Å²) in [4.78, 5) is 15.6. The molecule has 1 aromatic carbocycles. The number of nitrogens with zero attached hydrogens (tertiary/aromatic N) is 4. The van der Waals surface area contributed by atoms with E-state index in [0.29, 0.717) is 10.9 Å². The van der Waals surface area contributed by atoms with E-state index in [4.69, 9.17) is 0 Å². The van der Waals surface area contributed by atoms with Gasteiger partial charge in [0, 0.05) is 25.2 Å². The third-order valence-electron chi connectivity index (χ3n) is 3.15. The normalized spacial score (nSPS) is 10.8. The summed E-state index contributed by atoms with van der Waals surface area (Å²) in [5.41, 5.74) is 1.81. The molecule has 0 unspecified atom stereocenters. The summed E-state index contributed by atoms with van der Waals surface area (Å²) in [6.45, 7) is 0. The summed E-state index contributed by atoms with van der Waals surface area (Å²) in [5.74, 6) is 0.406. The van der Waals surface area contributed by atoms with Crippen LogP contribution in [0.25, 0.3) is 5.69 Å². The molecular weight excluding hydrogens is 300 g/mol. The van der Waals surface area contributed by atoms with Gasteiger partial charge in [-0.15, -0.1) is 0 Å². The van der Waals surface area contributed by atoms with E-state index in [9.17, 15) is 9.90 Å². The van der Waals surface area contributed by atoms with Gasteiger partial charge < -0.3 is 5.11 Å². The molecular formula is C15H14N4O2S. The first-order valence-electron chi connectivity index (χ1n) is 6.62. The molecule has 2 aromatic heterocycles. The van der Waals surface area contributed by atoms with Crippen LogP contribution in [0.5, 0.6) is 5.88 Å². The first-order valence-corrected chi connectivity index (χ1v) is 7.61. The van der Waals surface area contributed by atoms with Crippen LogP contribution in [0.15, 0.2) is 58.7 Å². The van der Waals surface area contributed by atoms with Crippen LogP contribution in [0.1, 0.15) is 5.56 Å². The van der Waals surface area contributed by atoms with Crippen LogP contribution >= 0.6 is 11.8 Å². The topological polar surface area (TPSA) is 72.9 Å². The van der Waals surface area contributed by atoms with Crippen molar-refractivity contribution in [1.82, 2.24) is 19.3 Å². The van der Waals surface area contributed by atoms with E-state index in [0.717, 1.165) is 17.3 Å². The van der Waals surface area contributed by atoms with E-state index < -0.39 is 0 Å². The van der Waals surface area contributed by atoms with Crippen molar-refractivity contribution in [3.8, 4) is 11.6 Å². The highest BCUT2D eigenvalue weighted by Gasteiger charge is 2.06. The average molecular weight is 314 g/mol. The van der Waals surface area contributed by atoms with E-state index in [1.807, 2.05) is 36.5 Å². The van der Waals surface area contributed by atoms with E-state index >= 15 is 0 Å². The van der Waals surface area contributed by atoms with Crippen LogP contribution in [0, 0.1) is 0 Å². The Morgan fingerprint density at radius 2 is 2.05 bits per heavy atom. The lowest BCUT2D eigenvalue weighted by Crippen LogP contribution is -2.18. The zero-order chi connectivity index (χ0) is 15.5. The Balaban J connectivity index is 1.73. The van der Waals surface area contributed by atoms with Gasteiger partial charge in [0.1, 0.15) is 0 Å². The zero-order valence-corrected chi connectivity index (χ0v) is 12.7. The summed E-state index contributed by atoms with van der Waals surface area (Å²) in [6.07, 6.45) is 3.62. The van der Waals surface area contributed by atoms with Crippen LogP contribution < -0.4 is 5.56 Å². The average Bonchev–Trinajstić information content (AvgIpc) is 3.04. The highest BCUT2D eigenvalue weighted by atomic mass is 32.2. The second-order valence-corrected chi connectivity index (χ2v) is 5.64. The van der Waals surface area contributed by atoms with Crippen molar-refractivity contribution in [1.29, 1.82) is 0 Å². The quantitative estimate of drug-likeness (QED) is 0.589. The van der Waals surface area contributed by atoms with Crippen LogP contribution in [0.2, 0.25) is 0 Å². The predicted molar refractivity (Wildman–Crippen MR) is 84.3 cm³/mol. The highest BCUT2D eigenvalue weighted by Crippen LogP contribution is 2.21. The van der Waals surface area contributed by atoms with Crippen molar-refractivity contribution in [2.24, 2.45) is 7.05 Å². The smallest absolute Gasteiger partial charge is 0.257 e. The Kier molecular flexibility index (Phi) is 3.97. The zero-order valence-electron chi connectivity index (χ0n) is 11.9. The van der Waals surface area contributed by atoms with Crippen LogP contribution in [-0.4, -0.2) is 24.4 Å². The van der Waals surface area contributed by atoms with Crippen molar-refractivity contribution in [3.05, 3.63) is 64.7 Å². The fourth-order valence-corrected chi connectivity index (χ4v) is 2.88. The van der Waals surface area contributed by atoms with Crippen LogP contribution in [-0.2, 0) is 12.8 Å². The molecule has 2 heterocycles. The minimum Gasteiger partial charge on any atom is -0.493 e. The molecule has 0 aliphatic carbocycles. The van der Waals surface area contributed by atoms with Crippen molar-refractivity contribution < 1.29 is 5.11 Å². The van der Waals surface area contributed by atoms with E-state index in [1.54, 1.807) is 17.9 Å². The Hall–Kier alpha value is -2.54. The van der Waals surface area contributed by atoms with Crippen molar-refractivity contribution in [3.63, 3.8) is 0 Å². The van der Waals surface area contributed by atoms with Gasteiger partial charge in [-0.2, -0.15) is 10.1 Å². The van der Waals surface area contributed by atoms with Gasteiger partial charge in [0.2, 0.25) is 5.88 Å². The molecule has 22 heavy (non-hydrogen) atoms. The fraction of sp³-hybridized carbons (Fsp3) is 0.133. The van der Waals surface area contributed by atoms with Crippen molar-refractivity contribution in [2.75, 3.05) is 0 Å². The summed E-state index contributed by atoms with van der Waals surface area (Å²) in [5, 5.41) is 14.1. The minimum atomic E-state index is -0.274. The first kappa shape index (κ1) is 14.4. The Morgan fingerprint density at radius 3 is 2.73 bits per heavy atom. The van der Waals surface area contributed by atoms with Gasteiger partial charge in [0.15, 0.2) is 5.16 Å². The largest absolute Gasteiger partial charge is 0.493 e. The van der Waals surface area contributed by atoms with E-state index in [1.165, 1.54) is 16.3 Å². The second kappa shape index (κ2) is 6.07. The van der Waals surface area contributed by atoms with Gasteiger partial charge in [-0.1, -0.05) is 23.9 Å². The predicted octanol–water partition coefficient (Wildman–Crippen LogP) is 1.96. The molecule has 3 aromatic rings. The number of hydrogen-bond donors (Lipinski definition) is 1.